The van der Waals surface area contributed by atoms with E-state index in [9.17, 15) is 28.0 Å². The lowest BCUT2D eigenvalue weighted by Crippen LogP contribution is -2.48. The monoisotopic (exact) mass is 318 g/mol. The van der Waals surface area contributed by atoms with E-state index in [0.717, 1.165) is 16.4 Å². The average molecular weight is 318 g/mol. The van der Waals surface area contributed by atoms with Crippen LogP contribution in [0.3, 0.4) is 0 Å². The van der Waals surface area contributed by atoms with Gasteiger partial charge in [0.1, 0.15) is 10.7 Å². The molecule has 1 unspecified atom stereocenters. The molecule has 0 bridgehead atoms. The lowest BCUT2D eigenvalue weighted by Gasteiger charge is -2.35. The van der Waals surface area contributed by atoms with Crippen LogP contribution in [0.1, 0.15) is 19.8 Å². The quantitative estimate of drug-likeness (QED) is 0.668. The van der Waals surface area contributed by atoms with Gasteiger partial charge in [-0.25, -0.2) is 12.8 Å². The van der Waals surface area contributed by atoms with Crippen LogP contribution in [-0.2, 0) is 10.0 Å². The van der Waals surface area contributed by atoms with E-state index in [0.29, 0.717) is 18.9 Å². The van der Waals surface area contributed by atoms with Crippen LogP contribution in [0.15, 0.2) is 23.1 Å². The predicted molar refractivity (Wildman–Crippen MR) is 71.7 cm³/mol. The van der Waals surface area contributed by atoms with Gasteiger partial charge in [-0.15, -0.1) is 0 Å². The van der Waals surface area contributed by atoms with Gasteiger partial charge in [0, 0.05) is 25.2 Å². The zero-order valence-electron chi connectivity index (χ0n) is 11.3. The lowest BCUT2D eigenvalue weighted by molar-refractivity contribution is -0.385. The van der Waals surface area contributed by atoms with Gasteiger partial charge in [-0.1, -0.05) is 0 Å². The van der Waals surface area contributed by atoms with Crippen LogP contribution < -0.4 is 0 Å². The molecule has 1 heterocycles. The third kappa shape index (κ3) is 3.20. The Labute approximate surface area is 121 Å². The van der Waals surface area contributed by atoms with Crippen molar-refractivity contribution >= 4 is 15.7 Å². The number of nitro groups is 1. The van der Waals surface area contributed by atoms with Crippen LogP contribution in [-0.4, -0.2) is 41.4 Å². The highest BCUT2D eigenvalue weighted by atomic mass is 32.2. The molecule has 1 aromatic rings. The van der Waals surface area contributed by atoms with Crippen LogP contribution in [0, 0.1) is 15.9 Å². The second-order valence-electron chi connectivity index (χ2n) is 5.31. The van der Waals surface area contributed by atoms with E-state index in [4.69, 9.17) is 0 Å². The van der Waals surface area contributed by atoms with Crippen LogP contribution >= 0.6 is 0 Å². The standard InChI is InChI=1S/C12H15FN2O5S/c1-12(16)5-2-6-14(8-12)21(19,20)11-7-9(15(17)18)3-4-10(11)13/h3-4,7,16H,2,5-6,8H2,1H3. The van der Waals surface area contributed by atoms with Crippen molar-refractivity contribution < 1.29 is 22.8 Å². The van der Waals surface area contributed by atoms with Crippen molar-refractivity contribution in [1.82, 2.24) is 4.31 Å². The van der Waals surface area contributed by atoms with Gasteiger partial charge in [0.05, 0.1) is 10.5 Å². The van der Waals surface area contributed by atoms with Crippen molar-refractivity contribution in [2.24, 2.45) is 0 Å². The summed E-state index contributed by atoms with van der Waals surface area (Å²) >= 11 is 0. The fourth-order valence-corrected chi connectivity index (χ4v) is 4.00. The molecule has 7 nitrogen and oxygen atoms in total. The van der Waals surface area contributed by atoms with Crippen LogP contribution in [0.4, 0.5) is 10.1 Å². The molecule has 0 aliphatic carbocycles. The van der Waals surface area contributed by atoms with Gasteiger partial charge in [0.25, 0.3) is 5.69 Å². The van der Waals surface area contributed by atoms with E-state index in [2.05, 4.69) is 0 Å². The Morgan fingerprint density at radius 3 is 2.71 bits per heavy atom. The summed E-state index contributed by atoms with van der Waals surface area (Å²) in [7, 11) is -4.23. The first-order valence-corrected chi connectivity index (χ1v) is 7.74. The van der Waals surface area contributed by atoms with Crippen LogP contribution in [0.2, 0.25) is 0 Å². The molecule has 21 heavy (non-hydrogen) atoms. The second-order valence-corrected chi connectivity index (χ2v) is 7.22. The van der Waals surface area contributed by atoms with Crippen molar-refractivity contribution in [1.29, 1.82) is 0 Å². The highest BCUT2D eigenvalue weighted by Crippen LogP contribution is 2.29. The molecule has 0 aromatic heterocycles. The maximum atomic E-state index is 13.8. The van der Waals surface area contributed by atoms with E-state index in [1.165, 1.54) is 6.92 Å². The zero-order chi connectivity index (χ0) is 15.8. The van der Waals surface area contributed by atoms with Crippen molar-refractivity contribution in [2.45, 2.75) is 30.3 Å². The summed E-state index contributed by atoms with van der Waals surface area (Å²) in [6, 6.07) is 2.36. The number of piperidine rings is 1. The molecule has 1 aliphatic rings. The number of nitro benzene ring substituents is 1. The van der Waals surface area contributed by atoms with Crippen LogP contribution in [0.5, 0.6) is 0 Å². The molecule has 0 amide bonds. The summed E-state index contributed by atoms with van der Waals surface area (Å²) in [6.45, 7) is 1.47. The maximum Gasteiger partial charge on any atom is 0.270 e. The van der Waals surface area contributed by atoms with E-state index in [-0.39, 0.29) is 13.1 Å². The first-order valence-electron chi connectivity index (χ1n) is 6.30. The molecule has 1 N–H and O–H groups in total. The largest absolute Gasteiger partial charge is 0.389 e. The molecule has 1 atom stereocenters. The zero-order valence-corrected chi connectivity index (χ0v) is 12.1. The van der Waals surface area contributed by atoms with Gasteiger partial charge in [-0.05, 0) is 25.8 Å². The Hall–Kier alpha value is -1.58. The normalized spacial score (nSPS) is 24.0. The van der Waals surface area contributed by atoms with Gasteiger partial charge < -0.3 is 5.11 Å². The molecule has 1 fully saturated rings. The fourth-order valence-electron chi connectivity index (χ4n) is 2.32. The van der Waals surface area contributed by atoms with Gasteiger partial charge in [0.2, 0.25) is 10.0 Å². The smallest absolute Gasteiger partial charge is 0.270 e. The lowest BCUT2D eigenvalue weighted by atomic mass is 9.97. The summed E-state index contributed by atoms with van der Waals surface area (Å²) in [5, 5.41) is 20.7. The second kappa shape index (κ2) is 5.32. The van der Waals surface area contributed by atoms with E-state index in [1.54, 1.807) is 0 Å². The van der Waals surface area contributed by atoms with E-state index >= 15 is 0 Å². The van der Waals surface area contributed by atoms with Crippen molar-refractivity contribution in [3.63, 3.8) is 0 Å². The summed E-state index contributed by atoms with van der Waals surface area (Å²) in [6.07, 6.45) is 0.874. The number of hydrogen-bond acceptors (Lipinski definition) is 5. The molecule has 0 radical (unpaired) electrons. The van der Waals surface area contributed by atoms with Gasteiger partial charge >= 0.3 is 0 Å². The Morgan fingerprint density at radius 1 is 1.48 bits per heavy atom. The number of sulfonamides is 1. The molecule has 0 spiro atoms. The fraction of sp³-hybridized carbons (Fsp3) is 0.500. The van der Waals surface area contributed by atoms with Crippen molar-refractivity contribution in [2.75, 3.05) is 13.1 Å². The first-order chi connectivity index (χ1) is 9.63. The average Bonchev–Trinajstić information content (AvgIpc) is 2.37. The molecular formula is C12H15FN2O5S. The van der Waals surface area contributed by atoms with E-state index < -0.39 is 36.9 Å². The Morgan fingerprint density at radius 2 is 2.14 bits per heavy atom. The van der Waals surface area contributed by atoms with Crippen LogP contribution in [0.25, 0.3) is 0 Å². The molecule has 1 aromatic carbocycles. The number of halogens is 1. The highest BCUT2D eigenvalue weighted by Gasteiger charge is 2.37. The summed E-state index contributed by atoms with van der Waals surface area (Å²) in [5.74, 6) is -1.05. The molecule has 1 saturated heterocycles. The molecule has 0 saturated carbocycles. The summed E-state index contributed by atoms with van der Waals surface area (Å²) < 4.78 is 39.6. The third-order valence-corrected chi connectivity index (χ3v) is 5.24. The number of benzene rings is 1. The minimum absolute atomic E-state index is 0.139. The molecule has 1 aliphatic heterocycles. The van der Waals surface area contributed by atoms with Gasteiger partial charge in [0.15, 0.2) is 0 Å². The minimum atomic E-state index is -4.23. The summed E-state index contributed by atoms with van der Waals surface area (Å²) in [5.41, 5.74) is -1.69. The molecule has 9 heteroatoms. The predicted octanol–water partition coefficient (Wildman–Crippen LogP) is 1.27. The van der Waals surface area contributed by atoms with Gasteiger partial charge in [-0.2, -0.15) is 4.31 Å². The molecular weight excluding hydrogens is 303 g/mol. The Balaban J connectivity index is 2.44. The minimum Gasteiger partial charge on any atom is -0.389 e. The maximum absolute atomic E-state index is 13.8. The number of rotatable bonds is 3. The summed E-state index contributed by atoms with van der Waals surface area (Å²) in [4.78, 5) is 9.18. The van der Waals surface area contributed by atoms with E-state index in [1.807, 2.05) is 0 Å². The third-order valence-electron chi connectivity index (χ3n) is 3.38. The number of β-amino-alcohol motifs (C(OH)–C–C–N with tert-alkyl or cyclic N) is 1. The molecule has 116 valence electrons. The Bertz CT molecular complexity index is 674. The number of non-ortho nitro benzene ring substituents is 1. The topological polar surface area (TPSA) is 101 Å². The van der Waals surface area contributed by atoms with Crippen molar-refractivity contribution in [3.05, 3.63) is 34.1 Å². The Kier molecular flexibility index (Phi) is 4.00. The van der Waals surface area contributed by atoms with Crippen molar-refractivity contribution in [3.8, 4) is 0 Å². The van der Waals surface area contributed by atoms with Gasteiger partial charge in [-0.3, -0.25) is 10.1 Å². The highest BCUT2D eigenvalue weighted by molar-refractivity contribution is 7.89. The number of aliphatic hydroxyl groups is 1. The first kappa shape index (κ1) is 15.8. The molecule has 2 rings (SSSR count). The SMILES string of the molecule is CC1(O)CCCN(S(=O)(=O)c2cc([N+](=O)[O-])ccc2F)C1. The number of hydrogen-bond donors (Lipinski definition) is 1. The number of nitrogens with zero attached hydrogens (tertiary/aromatic N) is 2.